The smallest absolute Gasteiger partial charge is 0.0469 e. The second kappa shape index (κ2) is 25.3. The molecule has 0 atom stereocenters. The van der Waals surface area contributed by atoms with Gasteiger partial charge in [0.15, 0.2) is 0 Å². The summed E-state index contributed by atoms with van der Waals surface area (Å²) in [6.07, 6.45) is 8.92. The Kier molecular flexibility index (Phi) is 15.5. The summed E-state index contributed by atoms with van der Waals surface area (Å²) in [4.78, 5) is 17.9. The number of para-hydroxylation sites is 7. The summed E-state index contributed by atoms with van der Waals surface area (Å²) in [7, 11) is 0. The fourth-order valence-electron chi connectivity index (χ4n) is 12.6. The number of nitrogens with zero attached hydrogens (tertiary/aromatic N) is 6. The SMILES string of the molecule is C1=CC(N(c2ccccc2)c2ccc(N(c3ccc(N(c4ccccc4)c4ccccc4)cc3)c3ccc4[nH]c5ccc(N(c6ccc(N(c7ccccc7)c7ccccc7)cc6)c6ccc(N(c7ccccc7)c7ccccc7)cc6)cc5c4c3)cc2)=CCC1. The summed E-state index contributed by atoms with van der Waals surface area (Å²) in [5, 5.41) is 2.23. The second-order valence-corrected chi connectivity index (χ2v) is 22.6. The molecule has 7 nitrogen and oxygen atoms in total. The van der Waals surface area contributed by atoms with Crippen molar-refractivity contribution in [3.8, 4) is 0 Å². The van der Waals surface area contributed by atoms with Crippen molar-refractivity contribution in [1.29, 1.82) is 0 Å². The van der Waals surface area contributed by atoms with Crippen molar-refractivity contribution in [3.05, 3.63) is 370 Å². The summed E-state index contributed by atoms with van der Waals surface area (Å²) < 4.78 is 0. The lowest BCUT2D eigenvalue weighted by Gasteiger charge is -2.30. The van der Waals surface area contributed by atoms with Crippen LogP contribution in [-0.2, 0) is 0 Å². The van der Waals surface area contributed by atoms with Crippen molar-refractivity contribution in [2.75, 3.05) is 29.4 Å². The quantitative estimate of drug-likeness (QED) is 0.0922. The number of fused-ring (bicyclic) bond motifs is 3. The molecule has 0 bridgehead atoms. The third-order valence-corrected chi connectivity index (χ3v) is 16.9. The Bertz CT molecular complexity index is 4530. The lowest BCUT2D eigenvalue weighted by molar-refractivity contribution is 0.997. The van der Waals surface area contributed by atoms with E-state index >= 15 is 0 Å². The highest BCUT2D eigenvalue weighted by molar-refractivity contribution is 6.10. The lowest BCUT2D eigenvalue weighted by atomic mass is 10.1. The molecule has 0 radical (unpaired) electrons. The van der Waals surface area contributed by atoms with Gasteiger partial charge in [0.1, 0.15) is 0 Å². The first-order valence-corrected chi connectivity index (χ1v) is 31.1. The minimum Gasteiger partial charge on any atom is -0.355 e. The summed E-state index contributed by atoms with van der Waals surface area (Å²) in [5.74, 6) is 0. The molecular formula is C84H65N7. The summed E-state index contributed by atoms with van der Waals surface area (Å²) in [5.41, 5.74) is 21.4. The van der Waals surface area contributed by atoms with Gasteiger partial charge in [-0.3, -0.25) is 0 Å². The van der Waals surface area contributed by atoms with Crippen LogP contribution in [0.15, 0.2) is 370 Å². The van der Waals surface area contributed by atoms with Crippen LogP contribution >= 0.6 is 0 Å². The van der Waals surface area contributed by atoms with Gasteiger partial charge < -0.3 is 34.4 Å². The number of allylic oxidation sites excluding steroid dienone is 3. The molecule has 1 aliphatic rings. The van der Waals surface area contributed by atoms with Crippen LogP contribution in [0, 0.1) is 0 Å². The molecule has 0 saturated carbocycles. The number of anilines is 17. The van der Waals surface area contributed by atoms with E-state index in [1.54, 1.807) is 0 Å². The first kappa shape index (κ1) is 55.5. The highest BCUT2D eigenvalue weighted by atomic mass is 15.2. The normalized spacial score (nSPS) is 11.9. The van der Waals surface area contributed by atoms with E-state index in [0.29, 0.717) is 0 Å². The van der Waals surface area contributed by atoms with Crippen molar-refractivity contribution in [2.45, 2.75) is 12.8 Å². The zero-order chi connectivity index (χ0) is 60.7. The largest absolute Gasteiger partial charge is 0.355 e. The van der Waals surface area contributed by atoms with Crippen LogP contribution in [0.1, 0.15) is 12.8 Å². The molecule has 15 rings (SSSR count). The Hall–Kier alpha value is -12.1. The molecule has 1 aliphatic carbocycles. The van der Waals surface area contributed by atoms with Gasteiger partial charge in [-0.25, -0.2) is 0 Å². The molecule has 91 heavy (non-hydrogen) atoms. The lowest BCUT2D eigenvalue weighted by Crippen LogP contribution is -2.16. The summed E-state index contributed by atoms with van der Waals surface area (Å²) in [6, 6.07) is 124. The number of benzene rings is 13. The van der Waals surface area contributed by atoms with Crippen LogP contribution in [0.3, 0.4) is 0 Å². The molecule has 0 fully saturated rings. The van der Waals surface area contributed by atoms with E-state index < -0.39 is 0 Å². The fraction of sp³-hybridized carbons (Fsp3) is 0.0238. The Labute approximate surface area is 532 Å². The molecule has 1 aromatic heterocycles. The molecule has 1 heterocycles. The Morgan fingerprint density at radius 3 is 0.648 bits per heavy atom. The predicted molar refractivity (Wildman–Crippen MR) is 384 cm³/mol. The molecule has 0 aliphatic heterocycles. The molecule has 0 amide bonds. The first-order chi connectivity index (χ1) is 45.1. The van der Waals surface area contributed by atoms with Crippen LogP contribution in [0.2, 0.25) is 0 Å². The number of H-pyrrole nitrogens is 1. The van der Waals surface area contributed by atoms with E-state index in [9.17, 15) is 0 Å². The maximum absolute atomic E-state index is 3.82. The second-order valence-electron chi connectivity index (χ2n) is 22.6. The standard InChI is InChI=1S/C84H65N7/c1-9-25-63(26-10-1)86(64-27-11-2-12-28-64)71-41-49-75(50-42-71)90(76-51-43-72(44-52-76)87(65-29-13-3-14-30-65)66-31-15-4-16-32-66)79-57-59-83-81(61-79)82-62-80(58-60-84(82)85-83)91(77-53-45-73(46-54-77)88(67-33-17-5-18-34-67)68-35-19-6-20-36-68)78-55-47-74(48-56-78)89(69-37-21-7-22-38-69)70-39-23-8-24-40-70/h1-7,9-23,25-62,85H,8,24H2. The third kappa shape index (κ3) is 11.5. The van der Waals surface area contributed by atoms with Gasteiger partial charge in [-0.2, -0.15) is 0 Å². The third-order valence-electron chi connectivity index (χ3n) is 16.9. The van der Waals surface area contributed by atoms with Crippen molar-refractivity contribution in [3.63, 3.8) is 0 Å². The minimum absolute atomic E-state index is 1.01. The molecular weight excluding hydrogens is 1110 g/mol. The maximum atomic E-state index is 3.82. The van der Waals surface area contributed by atoms with E-state index in [4.69, 9.17) is 0 Å². The van der Waals surface area contributed by atoms with E-state index in [2.05, 4.69) is 398 Å². The summed E-state index contributed by atoms with van der Waals surface area (Å²) in [6.45, 7) is 0. The van der Waals surface area contributed by atoms with Crippen LogP contribution in [0.4, 0.5) is 96.7 Å². The minimum atomic E-state index is 1.01. The molecule has 13 aromatic carbocycles. The van der Waals surface area contributed by atoms with Gasteiger partial charge in [0.25, 0.3) is 0 Å². The number of nitrogens with one attached hydrogen (secondary N) is 1. The van der Waals surface area contributed by atoms with E-state index in [-0.39, 0.29) is 0 Å². The van der Waals surface area contributed by atoms with Crippen molar-refractivity contribution in [2.24, 2.45) is 0 Å². The topological polar surface area (TPSA) is 35.2 Å². The predicted octanol–water partition coefficient (Wildman–Crippen LogP) is 24.0. The van der Waals surface area contributed by atoms with Crippen molar-refractivity contribution >= 4 is 118 Å². The van der Waals surface area contributed by atoms with E-state index in [0.717, 1.165) is 131 Å². The van der Waals surface area contributed by atoms with Crippen LogP contribution in [-0.4, -0.2) is 4.98 Å². The fourth-order valence-corrected chi connectivity index (χ4v) is 12.6. The van der Waals surface area contributed by atoms with Gasteiger partial charge >= 0.3 is 0 Å². The van der Waals surface area contributed by atoms with Gasteiger partial charge in [-0.15, -0.1) is 0 Å². The zero-order valence-corrected chi connectivity index (χ0v) is 50.2. The summed E-state index contributed by atoms with van der Waals surface area (Å²) >= 11 is 0. The van der Waals surface area contributed by atoms with Crippen molar-refractivity contribution < 1.29 is 0 Å². The first-order valence-electron chi connectivity index (χ1n) is 31.1. The van der Waals surface area contributed by atoms with Gasteiger partial charge in [0, 0.05) is 124 Å². The highest BCUT2D eigenvalue weighted by Crippen LogP contribution is 2.46. The van der Waals surface area contributed by atoms with Gasteiger partial charge in [-0.1, -0.05) is 140 Å². The van der Waals surface area contributed by atoms with Gasteiger partial charge in [0.05, 0.1) is 0 Å². The molecule has 14 aromatic rings. The Morgan fingerprint density at radius 1 is 0.198 bits per heavy atom. The number of aromatic nitrogens is 1. The maximum Gasteiger partial charge on any atom is 0.0469 e. The average Bonchev–Trinajstić information content (AvgIpc) is 1.91. The van der Waals surface area contributed by atoms with Gasteiger partial charge in [0.2, 0.25) is 0 Å². The molecule has 436 valence electrons. The van der Waals surface area contributed by atoms with Crippen molar-refractivity contribution in [1.82, 2.24) is 4.98 Å². The Morgan fingerprint density at radius 2 is 0.407 bits per heavy atom. The number of aromatic amines is 1. The number of rotatable bonds is 18. The van der Waals surface area contributed by atoms with E-state index in [1.807, 2.05) is 0 Å². The molecule has 0 spiro atoms. The number of hydrogen-bond acceptors (Lipinski definition) is 6. The molecule has 1 N–H and O–H groups in total. The molecule has 7 heteroatoms. The average molecular weight is 1170 g/mol. The van der Waals surface area contributed by atoms with Gasteiger partial charge in [-0.05, 0) is 237 Å². The van der Waals surface area contributed by atoms with Crippen LogP contribution < -0.4 is 29.4 Å². The zero-order valence-electron chi connectivity index (χ0n) is 50.2. The Balaban J connectivity index is 0.854. The van der Waals surface area contributed by atoms with E-state index in [1.165, 1.54) is 5.70 Å². The molecule has 0 saturated heterocycles. The molecule has 0 unspecified atom stereocenters. The monoisotopic (exact) mass is 1170 g/mol. The highest BCUT2D eigenvalue weighted by Gasteiger charge is 2.23. The van der Waals surface area contributed by atoms with Crippen LogP contribution in [0.25, 0.3) is 21.8 Å². The number of hydrogen-bond donors (Lipinski definition) is 1. The van der Waals surface area contributed by atoms with Crippen LogP contribution in [0.5, 0.6) is 0 Å².